The summed E-state index contributed by atoms with van der Waals surface area (Å²) in [6.45, 7) is 10.6. The average Bonchev–Trinajstić information content (AvgIpc) is 2.48. The molecule has 1 aromatic carbocycles. The highest BCUT2D eigenvalue weighted by Crippen LogP contribution is 2.21. The van der Waals surface area contributed by atoms with Crippen LogP contribution in [0.5, 0.6) is 0 Å². The van der Waals surface area contributed by atoms with E-state index < -0.39 is 29.2 Å². The van der Waals surface area contributed by atoms with Gasteiger partial charge in [0.25, 0.3) is 0 Å². The molecule has 26 heavy (non-hydrogen) atoms. The smallest absolute Gasteiger partial charge is 0.329 e. The lowest BCUT2D eigenvalue weighted by molar-refractivity contribution is -0.158. The number of hydrogen-bond acceptors (Lipinski definition) is 5. The lowest BCUT2D eigenvalue weighted by Crippen LogP contribution is -2.44. The Hall–Kier alpha value is -2.37. The largest absolute Gasteiger partial charge is 0.460 e. The topological polar surface area (TPSA) is 72.9 Å². The summed E-state index contributed by atoms with van der Waals surface area (Å²) in [7, 11) is 0. The summed E-state index contributed by atoms with van der Waals surface area (Å²) in [5.41, 5.74) is -0.794. The van der Waals surface area contributed by atoms with Gasteiger partial charge in [-0.1, -0.05) is 12.1 Å². The number of esters is 2. The molecule has 0 bridgehead atoms. The number of amides is 1. The van der Waals surface area contributed by atoms with Gasteiger partial charge in [-0.15, -0.1) is 0 Å². The zero-order chi connectivity index (χ0) is 20.0. The highest BCUT2D eigenvalue weighted by atomic mass is 16.6. The van der Waals surface area contributed by atoms with E-state index in [-0.39, 0.29) is 12.8 Å². The second-order valence-electron chi connectivity index (χ2n) is 7.95. The standard InChI is InChI=1S/C20H28NO5/c1-19(2,3)25-17(23)13-12-16(18(24)26-20(4,5)6)21(14-22)15-10-8-7-9-11-15/h8-11,14,16H,12-13H2,1-6H3. The minimum Gasteiger partial charge on any atom is -0.460 e. The fraction of sp³-hybridized carbons (Fsp3) is 0.550. The molecule has 1 unspecified atom stereocenters. The van der Waals surface area contributed by atoms with E-state index in [4.69, 9.17) is 9.47 Å². The fourth-order valence-electron chi connectivity index (χ4n) is 2.25. The lowest BCUT2D eigenvalue weighted by Gasteiger charge is -2.30. The molecule has 6 heteroatoms. The van der Waals surface area contributed by atoms with E-state index in [0.717, 1.165) is 0 Å². The van der Waals surface area contributed by atoms with Crippen LogP contribution in [0.15, 0.2) is 24.3 Å². The molecule has 1 atom stereocenters. The van der Waals surface area contributed by atoms with Crippen LogP contribution in [-0.2, 0) is 23.9 Å². The molecule has 1 rings (SSSR count). The molecule has 1 radical (unpaired) electrons. The third-order valence-corrected chi connectivity index (χ3v) is 3.17. The van der Waals surface area contributed by atoms with E-state index in [1.54, 1.807) is 65.8 Å². The molecule has 0 heterocycles. The Kier molecular flexibility index (Phi) is 7.36. The molecular formula is C20H28NO5. The number of ether oxygens (including phenoxy) is 2. The summed E-state index contributed by atoms with van der Waals surface area (Å²) < 4.78 is 10.7. The van der Waals surface area contributed by atoms with Crippen molar-refractivity contribution in [2.45, 2.75) is 71.6 Å². The van der Waals surface area contributed by atoms with Gasteiger partial charge in [-0.3, -0.25) is 9.59 Å². The van der Waals surface area contributed by atoms with Crippen LogP contribution < -0.4 is 4.90 Å². The third kappa shape index (κ3) is 7.68. The Balaban J connectivity index is 3.00. The molecule has 0 aliphatic carbocycles. The number of nitrogens with zero attached hydrogens (tertiary/aromatic N) is 1. The Morgan fingerprint density at radius 2 is 1.62 bits per heavy atom. The van der Waals surface area contributed by atoms with Gasteiger partial charge in [0.15, 0.2) is 0 Å². The SMILES string of the molecule is CC(C)(C)OC(=O)CCC(C(=O)OC(C)(C)C)N(C=O)c1cc[c]cc1. The van der Waals surface area contributed by atoms with E-state index in [1.165, 1.54) is 4.90 Å². The number of rotatable bonds is 7. The number of hydrogen-bond donors (Lipinski definition) is 0. The predicted octanol–water partition coefficient (Wildman–Crippen LogP) is 3.28. The van der Waals surface area contributed by atoms with E-state index in [9.17, 15) is 14.4 Å². The summed E-state index contributed by atoms with van der Waals surface area (Å²) in [5, 5.41) is 0. The minimum atomic E-state index is -0.929. The van der Waals surface area contributed by atoms with E-state index >= 15 is 0 Å². The number of carbonyl (C=O) groups is 3. The van der Waals surface area contributed by atoms with Crippen LogP contribution in [0.1, 0.15) is 54.4 Å². The van der Waals surface area contributed by atoms with Gasteiger partial charge in [0, 0.05) is 12.1 Å². The Morgan fingerprint density at radius 3 is 2.08 bits per heavy atom. The first-order valence-corrected chi connectivity index (χ1v) is 8.57. The quantitative estimate of drug-likeness (QED) is 0.550. The van der Waals surface area contributed by atoms with Crippen LogP contribution in [0, 0.1) is 6.07 Å². The molecule has 0 saturated heterocycles. The first kappa shape index (κ1) is 21.7. The van der Waals surface area contributed by atoms with Crippen molar-refractivity contribution < 1.29 is 23.9 Å². The fourth-order valence-corrected chi connectivity index (χ4v) is 2.25. The third-order valence-electron chi connectivity index (χ3n) is 3.17. The van der Waals surface area contributed by atoms with Gasteiger partial charge >= 0.3 is 11.9 Å². The van der Waals surface area contributed by atoms with Gasteiger partial charge in [-0.2, -0.15) is 0 Å². The summed E-state index contributed by atoms with van der Waals surface area (Å²) in [6, 6.07) is 8.55. The average molecular weight is 362 g/mol. The molecule has 0 aliphatic rings. The zero-order valence-corrected chi connectivity index (χ0v) is 16.4. The van der Waals surface area contributed by atoms with Gasteiger partial charge in [-0.25, -0.2) is 4.79 Å². The molecule has 0 aromatic heterocycles. The maximum absolute atomic E-state index is 12.6. The maximum atomic E-state index is 12.6. The van der Waals surface area contributed by atoms with Crippen molar-refractivity contribution in [1.29, 1.82) is 0 Å². The van der Waals surface area contributed by atoms with Gasteiger partial charge < -0.3 is 14.4 Å². The maximum Gasteiger partial charge on any atom is 0.329 e. The molecule has 6 nitrogen and oxygen atoms in total. The molecule has 1 aromatic rings. The second kappa shape index (κ2) is 8.83. The highest BCUT2D eigenvalue weighted by Gasteiger charge is 2.32. The first-order valence-electron chi connectivity index (χ1n) is 8.57. The van der Waals surface area contributed by atoms with E-state index in [2.05, 4.69) is 6.07 Å². The molecular weight excluding hydrogens is 334 g/mol. The lowest BCUT2D eigenvalue weighted by atomic mass is 10.1. The van der Waals surface area contributed by atoms with Gasteiger partial charge in [-0.05, 0) is 66.2 Å². The summed E-state index contributed by atoms with van der Waals surface area (Å²) in [6.07, 6.45) is 0.657. The van der Waals surface area contributed by atoms with Crippen molar-refractivity contribution in [3.8, 4) is 0 Å². The monoisotopic (exact) mass is 362 g/mol. The van der Waals surface area contributed by atoms with Crippen LogP contribution in [0.4, 0.5) is 5.69 Å². The van der Waals surface area contributed by atoms with Crippen LogP contribution in [0.3, 0.4) is 0 Å². The number of anilines is 1. The molecule has 0 fully saturated rings. The molecule has 0 spiro atoms. The molecule has 0 saturated carbocycles. The van der Waals surface area contributed by atoms with Crippen molar-refractivity contribution >= 4 is 24.0 Å². The van der Waals surface area contributed by atoms with Crippen molar-refractivity contribution in [2.75, 3.05) is 4.90 Å². The predicted molar refractivity (Wildman–Crippen MR) is 98.5 cm³/mol. The summed E-state index contributed by atoms with van der Waals surface area (Å²) >= 11 is 0. The summed E-state index contributed by atoms with van der Waals surface area (Å²) in [4.78, 5) is 37.6. The Labute approximate surface area is 155 Å². The molecule has 0 aliphatic heterocycles. The van der Waals surface area contributed by atoms with Crippen molar-refractivity contribution in [3.63, 3.8) is 0 Å². The van der Waals surface area contributed by atoms with Gasteiger partial charge in [0.1, 0.15) is 17.2 Å². The van der Waals surface area contributed by atoms with Crippen LogP contribution in [0.2, 0.25) is 0 Å². The molecule has 0 N–H and O–H groups in total. The van der Waals surface area contributed by atoms with E-state index in [1.807, 2.05) is 0 Å². The van der Waals surface area contributed by atoms with Crippen LogP contribution in [-0.4, -0.2) is 35.6 Å². The first-order chi connectivity index (χ1) is 11.9. The van der Waals surface area contributed by atoms with Crippen molar-refractivity contribution in [2.24, 2.45) is 0 Å². The second-order valence-corrected chi connectivity index (χ2v) is 7.95. The minimum absolute atomic E-state index is 0.00945. The highest BCUT2D eigenvalue weighted by molar-refractivity contribution is 5.89. The van der Waals surface area contributed by atoms with Crippen molar-refractivity contribution in [3.05, 3.63) is 30.3 Å². The van der Waals surface area contributed by atoms with Crippen LogP contribution in [0.25, 0.3) is 0 Å². The molecule has 143 valence electrons. The van der Waals surface area contributed by atoms with Crippen molar-refractivity contribution in [1.82, 2.24) is 0 Å². The number of carbonyl (C=O) groups excluding carboxylic acids is 3. The van der Waals surface area contributed by atoms with Crippen LogP contribution >= 0.6 is 0 Å². The molecule has 1 amide bonds. The summed E-state index contributed by atoms with van der Waals surface area (Å²) in [5.74, 6) is -1.00. The number of benzene rings is 1. The Bertz CT molecular complexity index is 613. The van der Waals surface area contributed by atoms with Gasteiger partial charge in [0.2, 0.25) is 6.41 Å². The zero-order valence-electron chi connectivity index (χ0n) is 16.4. The Morgan fingerprint density at radius 1 is 1.08 bits per heavy atom. The normalized spacial score (nSPS) is 12.8. The van der Waals surface area contributed by atoms with E-state index in [0.29, 0.717) is 12.1 Å². The van der Waals surface area contributed by atoms with Gasteiger partial charge in [0.05, 0.1) is 0 Å².